The first kappa shape index (κ1) is 20.6. The maximum atomic E-state index is 12.9. The van der Waals surface area contributed by atoms with Crippen LogP contribution < -0.4 is 5.32 Å². The fourth-order valence-electron chi connectivity index (χ4n) is 3.83. The van der Waals surface area contributed by atoms with Gasteiger partial charge in [0.2, 0.25) is 5.91 Å². The van der Waals surface area contributed by atoms with Crippen LogP contribution in [-0.2, 0) is 27.2 Å². The molecular formula is C21H27NO5S. The fraction of sp³-hybridized carbons (Fsp3) is 0.571. The third-order valence-corrected chi connectivity index (χ3v) is 6.64. The number of carbonyl (C=O) groups excluding carboxylic acids is 2. The number of allylic oxidation sites excluding steroid dienone is 2. The number of hydrogen-bond acceptors (Lipinski definition) is 5. The van der Waals surface area contributed by atoms with Crippen molar-refractivity contribution in [2.75, 3.05) is 11.9 Å². The van der Waals surface area contributed by atoms with Gasteiger partial charge in [-0.1, -0.05) is 25.5 Å². The lowest BCUT2D eigenvalue weighted by Crippen LogP contribution is -2.34. The van der Waals surface area contributed by atoms with Gasteiger partial charge in [-0.25, -0.2) is 4.79 Å². The third kappa shape index (κ3) is 4.46. The second kappa shape index (κ2) is 9.37. The summed E-state index contributed by atoms with van der Waals surface area (Å²) in [5.74, 6) is -3.06. The van der Waals surface area contributed by atoms with E-state index in [2.05, 4.69) is 5.32 Å². The number of thiophene rings is 1. The highest BCUT2D eigenvalue weighted by molar-refractivity contribution is 7.17. The van der Waals surface area contributed by atoms with E-state index in [0.717, 1.165) is 49.0 Å². The standard InChI is InChI=1S/C21H27NO5S/c1-2-3-12-27-21(26)17-15-10-6-7-11-16(15)28-19(17)22-18(23)13-8-4-5-9-14(13)20(24)25/h4-5,13-14H,2-3,6-12H2,1H3,(H,22,23)(H,24,25). The minimum atomic E-state index is -0.964. The van der Waals surface area contributed by atoms with Gasteiger partial charge in [-0.05, 0) is 50.5 Å². The molecule has 0 radical (unpaired) electrons. The van der Waals surface area contributed by atoms with E-state index in [1.807, 2.05) is 19.1 Å². The van der Waals surface area contributed by atoms with Crippen molar-refractivity contribution in [3.8, 4) is 0 Å². The summed E-state index contributed by atoms with van der Waals surface area (Å²) >= 11 is 1.43. The zero-order valence-corrected chi connectivity index (χ0v) is 17.0. The molecule has 1 aromatic rings. The number of aliphatic carboxylic acids is 1. The minimum Gasteiger partial charge on any atom is -0.481 e. The number of amides is 1. The smallest absolute Gasteiger partial charge is 0.341 e. The average molecular weight is 406 g/mol. The Labute approximate surface area is 169 Å². The van der Waals surface area contributed by atoms with Crippen molar-refractivity contribution in [2.24, 2.45) is 11.8 Å². The first-order valence-electron chi connectivity index (χ1n) is 10.0. The number of unbranched alkanes of at least 4 members (excludes halogenated alkanes) is 1. The highest BCUT2D eigenvalue weighted by atomic mass is 32.1. The van der Waals surface area contributed by atoms with Crippen LogP contribution in [0, 0.1) is 11.8 Å². The molecule has 3 rings (SSSR count). The van der Waals surface area contributed by atoms with Gasteiger partial charge >= 0.3 is 11.9 Å². The second-order valence-electron chi connectivity index (χ2n) is 7.39. The number of hydrogen-bond donors (Lipinski definition) is 2. The van der Waals surface area contributed by atoms with Gasteiger partial charge in [0.25, 0.3) is 0 Å². The molecule has 2 atom stereocenters. The number of rotatable bonds is 7. The van der Waals surface area contributed by atoms with E-state index in [0.29, 0.717) is 30.0 Å². The molecular weight excluding hydrogens is 378 g/mol. The molecule has 0 aromatic carbocycles. The molecule has 152 valence electrons. The molecule has 6 nitrogen and oxygen atoms in total. The van der Waals surface area contributed by atoms with Crippen LogP contribution in [0.5, 0.6) is 0 Å². The predicted octanol–water partition coefficient (Wildman–Crippen LogP) is 4.19. The van der Waals surface area contributed by atoms with Crippen molar-refractivity contribution in [3.05, 3.63) is 28.2 Å². The normalized spacial score (nSPS) is 21.0. The van der Waals surface area contributed by atoms with E-state index in [9.17, 15) is 19.5 Å². The molecule has 0 bridgehead atoms. The number of aryl methyl sites for hydroxylation is 1. The topological polar surface area (TPSA) is 92.7 Å². The number of fused-ring (bicyclic) bond motifs is 1. The largest absolute Gasteiger partial charge is 0.481 e. The lowest BCUT2D eigenvalue weighted by molar-refractivity contribution is -0.146. The van der Waals surface area contributed by atoms with Crippen LogP contribution in [0.2, 0.25) is 0 Å². The molecule has 0 saturated carbocycles. The van der Waals surface area contributed by atoms with Crippen LogP contribution in [0.3, 0.4) is 0 Å². The van der Waals surface area contributed by atoms with Crippen LogP contribution in [-0.4, -0.2) is 29.6 Å². The van der Waals surface area contributed by atoms with Crippen LogP contribution >= 0.6 is 11.3 Å². The Bertz CT molecular complexity index is 782. The van der Waals surface area contributed by atoms with Gasteiger partial charge in [-0.3, -0.25) is 9.59 Å². The molecule has 0 fully saturated rings. The summed E-state index contributed by atoms with van der Waals surface area (Å²) in [5.41, 5.74) is 1.47. The quantitative estimate of drug-likeness (QED) is 0.403. The zero-order chi connectivity index (χ0) is 20.1. The monoisotopic (exact) mass is 405 g/mol. The maximum absolute atomic E-state index is 12.9. The molecule has 0 saturated heterocycles. The molecule has 7 heteroatoms. The Hall–Kier alpha value is -2.15. The van der Waals surface area contributed by atoms with Crippen LogP contribution in [0.4, 0.5) is 5.00 Å². The molecule has 28 heavy (non-hydrogen) atoms. The lowest BCUT2D eigenvalue weighted by Gasteiger charge is -2.24. The first-order chi connectivity index (χ1) is 13.5. The number of anilines is 1. The number of nitrogens with one attached hydrogen (secondary N) is 1. The number of esters is 1. The van der Waals surface area contributed by atoms with Crippen molar-refractivity contribution in [1.29, 1.82) is 0 Å². The molecule has 0 spiro atoms. The summed E-state index contributed by atoms with van der Waals surface area (Å²) in [6.45, 7) is 2.39. The molecule has 1 amide bonds. The molecule has 2 unspecified atom stereocenters. The Balaban J connectivity index is 1.83. The second-order valence-corrected chi connectivity index (χ2v) is 8.49. The van der Waals surface area contributed by atoms with Crippen LogP contribution in [0.25, 0.3) is 0 Å². The average Bonchev–Trinajstić information content (AvgIpc) is 3.05. The fourth-order valence-corrected chi connectivity index (χ4v) is 5.11. The number of carboxylic acid groups (broad SMARTS) is 1. The SMILES string of the molecule is CCCCOC(=O)c1c(NC(=O)C2CC=CCC2C(=O)O)sc2c1CCCC2. The predicted molar refractivity (Wildman–Crippen MR) is 108 cm³/mol. The Morgan fingerprint density at radius 2 is 1.89 bits per heavy atom. The minimum absolute atomic E-state index is 0.335. The van der Waals surface area contributed by atoms with E-state index in [-0.39, 0.29) is 11.9 Å². The first-order valence-corrected chi connectivity index (χ1v) is 10.8. The molecule has 2 aliphatic carbocycles. The van der Waals surface area contributed by atoms with E-state index < -0.39 is 17.8 Å². The summed E-state index contributed by atoms with van der Waals surface area (Å²) in [6, 6.07) is 0. The van der Waals surface area contributed by atoms with E-state index in [1.165, 1.54) is 11.3 Å². The summed E-state index contributed by atoms with van der Waals surface area (Å²) in [4.78, 5) is 38.3. The van der Waals surface area contributed by atoms with Crippen LogP contribution in [0.15, 0.2) is 12.2 Å². The van der Waals surface area contributed by atoms with Gasteiger partial charge < -0.3 is 15.2 Å². The summed E-state index contributed by atoms with van der Waals surface area (Å²) in [5, 5.41) is 12.8. The highest BCUT2D eigenvalue weighted by Crippen LogP contribution is 2.39. The summed E-state index contributed by atoms with van der Waals surface area (Å²) in [6.07, 6.45) is 9.93. The van der Waals surface area contributed by atoms with Gasteiger partial charge in [-0.15, -0.1) is 11.3 Å². The van der Waals surface area contributed by atoms with Gasteiger partial charge in [-0.2, -0.15) is 0 Å². The van der Waals surface area contributed by atoms with Crippen molar-refractivity contribution >= 4 is 34.2 Å². The van der Waals surface area contributed by atoms with Crippen LogP contribution in [0.1, 0.15) is 66.2 Å². The number of carbonyl (C=O) groups is 3. The lowest BCUT2D eigenvalue weighted by atomic mass is 9.82. The third-order valence-electron chi connectivity index (χ3n) is 5.43. The highest BCUT2D eigenvalue weighted by Gasteiger charge is 2.35. The van der Waals surface area contributed by atoms with E-state index >= 15 is 0 Å². The Kier molecular flexibility index (Phi) is 6.88. The molecule has 2 aliphatic rings. The van der Waals surface area contributed by atoms with E-state index in [1.54, 1.807) is 0 Å². The molecule has 1 heterocycles. The number of carboxylic acids is 1. The summed E-state index contributed by atoms with van der Waals surface area (Å²) in [7, 11) is 0. The van der Waals surface area contributed by atoms with Gasteiger partial charge in [0, 0.05) is 4.88 Å². The maximum Gasteiger partial charge on any atom is 0.341 e. The van der Waals surface area contributed by atoms with Gasteiger partial charge in [0.05, 0.1) is 24.0 Å². The number of ether oxygens (including phenoxy) is 1. The van der Waals surface area contributed by atoms with E-state index in [4.69, 9.17) is 4.74 Å². The Morgan fingerprint density at radius 1 is 1.18 bits per heavy atom. The molecule has 1 aromatic heterocycles. The van der Waals surface area contributed by atoms with Gasteiger partial charge in [0.1, 0.15) is 5.00 Å². The molecule has 0 aliphatic heterocycles. The van der Waals surface area contributed by atoms with Crippen molar-refractivity contribution < 1.29 is 24.2 Å². The molecule has 2 N–H and O–H groups in total. The van der Waals surface area contributed by atoms with Crippen molar-refractivity contribution in [3.63, 3.8) is 0 Å². The van der Waals surface area contributed by atoms with Crippen molar-refractivity contribution in [1.82, 2.24) is 0 Å². The van der Waals surface area contributed by atoms with Crippen molar-refractivity contribution in [2.45, 2.75) is 58.3 Å². The zero-order valence-electron chi connectivity index (χ0n) is 16.2. The Morgan fingerprint density at radius 3 is 2.61 bits per heavy atom. The summed E-state index contributed by atoms with van der Waals surface area (Å²) < 4.78 is 5.43. The van der Waals surface area contributed by atoms with Gasteiger partial charge in [0.15, 0.2) is 0 Å².